The topological polar surface area (TPSA) is 42.0 Å². The minimum atomic E-state index is -0.417. The van der Waals surface area contributed by atoms with Gasteiger partial charge in [-0.3, -0.25) is 9.69 Å². The van der Waals surface area contributed by atoms with Crippen LogP contribution in [0.4, 0.5) is 0 Å². The molecule has 1 aromatic carbocycles. The fourth-order valence-electron chi connectivity index (χ4n) is 2.81. The van der Waals surface area contributed by atoms with Gasteiger partial charge in [0.15, 0.2) is 6.29 Å². The lowest BCUT2D eigenvalue weighted by Crippen LogP contribution is -2.49. The zero-order valence-corrected chi connectivity index (χ0v) is 14.2. The van der Waals surface area contributed by atoms with Crippen LogP contribution in [0.1, 0.15) is 25.8 Å². The first-order chi connectivity index (χ1) is 11.2. The smallest absolute Gasteiger partial charge is 0.227 e. The van der Waals surface area contributed by atoms with Gasteiger partial charge in [0.25, 0.3) is 0 Å². The first-order valence-corrected chi connectivity index (χ1v) is 8.50. The van der Waals surface area contributed by atoms with Crippen molar-refractivity contribution in [2.45, 2.75) is 33.1 Å². The minimum Gasteiger partial charge on any atom is -0.352 e. The molecule has 23 heavy (non-hydrogen) atoms. The zero-order chi connectivity index (χ0) is 16.5. The Hall–Kier alpha value is -1.43. The molecule has 5 nitrogen and oxygen atoms in total. The van der Waals surface area contributed by atoms with Crippen LogP contribution < -0.4 is 0 Å². The van der Waals surface area contributed by atoms with Crippen LogP contribution in [0, 0.1) is 0 Å². The number of hydrogen-bond donors (Lipinski definition) is 0. The van der Waals surface area contributed by atoms with E-state index in [9.17, 15) is 4.79 Å². The Balaban J connectivity index is 1.75. The molecule has 0 radical (unpaired) electrons. The Morgan fingerprint density at radius 1 is 1.04 bits per heavy atom. The van der Waals surface area contributed by atoms with Gasteiger partial charge >= 0.3 is 0 Å². The summed E-state index contributed by atoms with van der Waals surface area (Å²) in [4.78, 5) is 16.7. The fourth-order valence-corrected chi connectivity index (χ4v) is 2.81. The van der Waals surface area contributed by atoms with Gasteiger partial charge in [-0.15, -0.1) is 0 Å². The van der Waals surface area contributed by atoms with Crippen LogP contribution in [-0.4, -0.2) is 61.4 Å². The van der Waals surface area contributed by atoms with E-state index in [1.807, 2.05) is 24.8 Å². The molecular weight excluding hydrogens is 292 g/mol. The SMILES string of the molecule is CCOC(CC(=O)N1CCN(Cc2ccccc2)CC1)OCC. The molecule has 1 saturated heterocycles. The molecule has 0 N–H and O–H groups in total. The number of nitrogens with zero attached hydrogens (tertiary/aromatic N) is 2. The summed E-state index contributed by atoms with van der Waals surface area (Å²) in [6, 6.07) is 10.5. The normalized spacial score (nSPS) is 16.0. The van der Waals surface area contributed by atoms with Crippen molar-refractivity contribution in [3.8, 4) is 0 Å². The van der Waals surface area contributed by atoms with E-state index in [1.54, 1.807) is 0 Å². The quantitative estimate of drug-likeness (QED) is 0.688. The van der Waals surface area contributed by atoms with Gasteiger partial charge in [0.1, 0.15) is 0 Å². The molecule has 5 heteroatoms. The lowest BCUT2D eigenvalue weighted by atomic mass is 10.2. The summed E-state index contributed by atoms with van der Waals surface area (Å²) in [7, 11) is 0. The van der Waals surface area contributed by atoms with Crippen molar-refractivity contribution >= 4 is 5.91 Å². The molecule has 1 aliphatic rings. The molecule has 0 aromatic heterocycles. The van der Waals surface area contributed by atoms with Crippen LogP contribution in [0.2, 0.25) is 0 Å². The molecule has 2 rings (SSSR count). The average molecular weight is 320 g/mol. The fraction of sp³-hybridized carbons (Fsp3) is 0.611. The molecule has 0 saturated carbocycles. The van der Waals surface area contributed by atoms with Crippen molar-refractivity contribution in [2.24, 2.45) is 0 Å². The highest BCUT2D eigenvalue weighted by atomic mass is 16.7. The molecule has 0 aliphatic carbocycles. The Labute approximate surface area is 139 Å². The maximum absolute atomic E-state index is 12.4. The standard InChI is InChI=1S/C18H28N2O3/c1-3-22-18(23-4-2)14-17(21)20-12-10-19(11-13-20)15-16-8-6-5-7-9-16/h5-9,18H,3-4,10-15H2,1-2H3. The van der Waals surface area contributed by atoms with E-state index in [0.29, 0.717) is 19.6 Å². The van der Waals surface area contributed by atoms with Gasteiger partial charge in [0.2, 0.25) is 5.91 Å². The van der Waals surface area contributed by atoms with E-state index in [0.717, 1.165) is 32.7 Å². The van der Waals surface area contributed by atoms with Gasteiger partial charge in [0.05, 0.1) is 6.42 Å². The summed E-state index contributed by atoms with van der Waals surface area (Å²) < 4.78 is 10.9. The van der Waals surface area contributed by atoms with E-state index in [4.69, 9.17) is 9.47 Å². The molecule has 1 fully saturated rings. The van der Waals surface area contributed by atoms with E-state index >= 15 is 0 Å². The highest BCUT2D eigenvalue weighted by Gasteiger charge is 2.24. The molecule has 1 heterocycles. The van der Waals surface area contributed by atoms with Crippen molar-refractivity contribution in [1.29, 1.82) is 0 Å². The predicted octanol–water partition coefficient (Wildman–Crippen LogP) is 2.12. The second kappa shape index (κ2) is 9.65. The maximum atomic E-state index is 12.4. The van der Waals surface area contributed by atoms with Gasteiger partial charge in [-0.05, 0) is 19.4 Å². The molecule has 1 amide bonds. The van der Waals surface area contributed by atoms with Gasteiger partial charge in [0, 0.05) is 45.9 Å². The summed E-state index contributed by atoms with van der Waals surface area (Å²) in [5.74, 6) is 0.122. The third-order valence-corrected chi connectivity index (χ3v) is 4.02. The molecule has 0 spiro atoms. The van der Waals surface area contributed by atoms with Gasteiger partial charge in [-0.1, -0.05) is 30.3 Å². The highest BCUT2D eigenvalue weighted by Crippen LogP contribution is 2.11. The molecule has 128 valence electrons. The lowest BCUT2D eigenvalue weighted by Gasteiger charge is -2.35. The van der Waals surface area contributed by atoms with Gasteiger partial charge < -0.3 is 14.4 Å². The largest absolute Gasteiger partial charge is 0.352 e. The number of amides is 1. The average Bonchev–Trinajstić information content (AvgIpc) is 2.57. The Morgan fingerprint density at radius 2 is 1.65 bits per heavy atom. The highest BCUT2D eigenvalue weighted by molar-refractivity contribution is 5.76. The van der Waals surface area contributed by atoms with Crippen LogP contribution in [0.25, 0.3) is 0 Å². The Kier molecular flexibility index (Phi) is 7.52. The van der Waals surface area contributed by atoms with E-state index in [-0.39, 0.29) is 5.91 Å². The van der Waals surface area contributed by atoms with Crippen LogP contribution in [0.5, 0.6) is 0 Å². The number of carbonyl (C=O) groups is 1. The molecule has 0 unspecified atom stereocenters. The molecular formula is C18H28N2O3. The monoisotopic (exact) mass is 320 g/mol. The van der Waals surface area contributed by atoms with Crippen LogP contribution >= 0.6 is 0 Å². The summed E-state index contributed by atoms with van der Waals surface area (Å²) in [6.07, 6.45) is -0.111. The van der Waals surface area contributed by atoms with Crippen LogP contribution in [0.3, 0.4) is 0 Å². The van der Waals surface area contributed by atoms with Gasteiger partial charge in [-0.25, -0.2) is 0 Å². The summed E-state index contributed by atoms with van der Waals surface area (Å²) in [5, 5.41) is 0. The van der Waals surface area contributed by atoms with Crippen LogP contribution in [0.15, 0.2) is 30.3 Å². The maximum Gasteiger partial charge on any atom is 0.227 e. The summed E-state index contributed by atoms with van der Waals surface area (Å²) in [5.41, 5.74) is 1.32. The molecule has 0 atom stereocenters. The van der Waals surface area contributed by atoms with Crippen LogP contribution in [-0.2, 0) is 20.8 Å². The lowest BCUT2D eigenvalue weighted by molar-refractivity contribution is -0.160. The number of rotatable bonds is 8. The Morgan fingerprint density at radius 3 is 2.22 bits per heavy atom. The first-order valence-electron chi connectivity index (χ1n) is 8.50. The second-order valence-electron chi connectivity index (χ2n) is 5.69. The Bertz CT molecular complexity index is 453. The molecule has 1 aromatic rings. The van der Waals surface area contributed by atoms with Crippen molar-refractivity contribution in [2.75, 3.05) is 39.4 Å². The number of ether oxygens (including phenoxy) is 2. The van der Waals surface area contributed by atoms with E-state index in [1.165, 1.54) is 5.56 Å². The van der Waals surface area contributed by atoms with Crippen molar-refractivity contribution in [3.05, 3.63) is 35.9 Å². The molecule has 1 aliphatic heterocycles. The number of piperazine rings is 1. The van der Waals surface area contributed by atoms with E-state index in [2.05, 4.69) is 29.2 Å². The predicted molar refractivity (Wildman–Crippen MR) is 90.0 cm³/mol. The number of hydrogen-bond acceptors (Lipinski definition) is 4. The summed E-state index contributed by atoms with van der Waals surface area (Å²) in [6.45, 7) is 9.27. The number of benzene rings is 1. The minimum absolute atomic E-state index is 0.122. The summed E-state index contributed by atoms with van der Waals surface area (Å²) >= 11 is 0. The van der Waals surface area contributed by atoms with E-state index < -0.39 is 6.29 Å². The zero-order valence-electron chi connectivity index (χ0n) is 14.2. The molecule has 0 bridgehead atoms. The first kappa shape index (κ1) is 17.9. The van der Waals surface area contributed by atoms with Gasteiger partial charge in [-0.2, -0.15) is 0 Å². The van der Waals surface area contributed by atoms with Crippen molar-refractivity contribution in [1.82, 2.24) is 9.80 Å². The third-order valence-electron chi connectivity index (χ3n) is 4.02. The van der Waals surface area contributed by atoms with Crippen molar-refractivity contribution in [3.63, 3.8) is 0 Å². The second-order valence-corrected chi connectivity index (χ2v) is 5.69. The number of carbonyl (C=O) groups excluding carboxylic acids is 1. The third kappa shape index (κ3) is 5.94. The van der Waals surface area contributed by atoms with Crippen molar-refractivity contribution < 1.29 is 14.3 Å².